The quantitative estimate of drug-likeness (QED) is 0.296. The molecule has 22 valence electrons. The van der Waals surface area contributed by atoms with Gasteiger partial charge in [0.25, 0.3) is 0 Å². The average molecular weight is 104 g/mol. The van der Waals surface area contributed by atoms with Crippen molar-refractivity contribution >= 4 is 67.7 Å². The van der Waals surface area contributed by atoms with E-state index in [1.54, 1.807) is 0 Å². The molecule has 0 atom stereocenters. The Morgan fingerprint density at radius 1 is 1.00 bits per heavy atom. The summed E-state index contributed by atoms with van der Waals surface area (Å²) in [4.78, 5) is 0. The molecule has 0 spiro atoms. The predicted molar refractivity (Wildman–Crippen MR) is 34.3 cm³/mol. The van der Waals surface area contributed by atoms with Gasteiger partial charge in [0, 0.05) is 0 Å². The second-order valence-electron chi connectivity index (χ2n) is 0. The van der Waals surface area contributed by atoms with Crippen molar-refractivity contribution in [2.45, 2.75) is 0 Å². The second-order valence-corrected chi connectivity index (χ2v) is 0. The van der Waals surface area contributed by atoms with E-state index < -0.39 is 0 Å². The van der Waals surface area contributed by atoms with Gasteiger partial charge in [0.05, 0.1) is 8.41 Å². The molecule has 0 bridgehead atoms. The minimum absolute atomic E-state index is 0. The molecule has 0 aliphatic carbocycles. The topological polar surface area (TPSA) is 0 Å². The molecule has 0 saturated heterocycles. The van der Waals surface area contributed by atoms with E-state index in [1.807, 2.05) is 0 Å². The summed E-state index contributed by atoms with van der Waals surface area (Å²) < 4.78 is 0. The first-order valence-corrected chi connectivity index (χ1v) is 0. The van der Waals surface area contributed by atoms with Crippen molar-refractivity contribution in [2.24, 2.45) is 0 Å². The van der Waals surface area contributed by atoms with Crippen molar-refractivity contribution in [3.05, 3.63) is 0 Å². The molecule has 0 aliphatic heterocycles. The first-order chi connectivity index (χ1) is 0. The zero-order valence-corrected chi connectivity index (χ0v) is 1.22. The van der Waals surface area contributed by atoms with Gasteiger partial charge in [-0.05, 0) is 0 Å². The third-order valence-electron chi connectivity index (χ3n) is 0. The molecule has 0 aromatic carbocycles. The van der Waals surface area contributed by atoms with Crippen LogP contribution in [0.5, 0.6) is 0 Å². The molecular formula is H8AlBClNa. The Hall–Kier alpha value is 1.89. The van der Waals surface area contributed by atoms with E-state index in [4.69, 9.17) is 0 Å². The summed E-state index contributed by atoms with van der Waals surface area (Å²) in [6.07, 6.45) is 0. The van der Waals surface area contributed by atoms with E-state index in [2.05, 4.69) is 0 Å². The standard InChI is InChI=1S/Al.BH3.ClH.Na.4H/h;1H3;1H;;;;;. The Morgan fingerprint density at radius 3 is 1.00 bits per heavy atom. The van der Waals surface area contributed by atoms with Crippen LogP contribution in [0.1, 0.15) is 0 Å². The average Bonchev–Trinajstić information content (AvgIpc) is 0. The molecule has 0 nitrogen and oxygen atoms in total. The van der Waals surface area contributed by atoms with Gasteiger partial charge in [-0.15, -0.1) is 12.4 Å². The molecule has 0 aliphatic rings. The summed E-state index contributed by atoms with van der Waals surface area (Å²) in [6, 6.07) is 0. The molecule has 0 saturated carbocycles. The number of hydrogen-bond donors (Lipinski definition) is 0. The van der Waals surface area contributed by atoms with Crippen LogP contribution >= 0.6 is 12.4 Å². The fourth-order valence-electron chi connectivity index (χ4n) is 0. The van der Waals surface area contributed by atoms with Gasteiger partial charge in [-0.2, -0.15) is 0 Å². The molecule has 0 aromatic heterocycles. The van der Waals surface area contributed by atoms with Crippen molar-refractivity contribution in [1.82, 2.24) is 0 Å². The summed E-state index contributed by atoms with van der Waals surface area (Å²) in [5.74, 6) is 0. The molecule has 0 heterocycles. The van der Waals surface area contributed by atoms with E-state index in [0.29, 0.717) is 0 Å². The van der Waals surface area contributed by atoms with Crippen LogP contribution in [0.15, 0.2) is 0 Å². The van der Waals surface area contributed by atoms with Gasteiger partial charge in [-0.1, -0.05) is 0 Å². The minimum atomic E-state index is 0. The van der Waals surface area contributed by atoms with E-state index in [0.717, 1.165) is 0 Å². The Bertz CT molecular complexity index is 8.00. The summed E-state index contributed by atoms with van der Waals surface area (Å²) in [6.45, 7) is 0. The molecule has 0 unspecified atom stereocenters. The van der Waals surface area contributed by atoms with Crippen molar-refractivity contribution < 1.29 is 0 Å². The SMILES string of the molecule is B.Cl.[AlH3].[NaH]. The fraction of sp³-hybridized carbons (Fsp3) is 0. The van der Waals surface area contributed by atoms with E-state index in [-0.39, 0.29) is 67.7 Å². The Labute approximate surface area is 67.1 Å². The van der Waals surface area contributed by atoms with Gasteiger partial charge in [0.2, 0.25) is 0 Å². The zero-order valence-electron chi connectivity index (χ0n) is 0.408. The monoisotopic (exact) mass is 104 g/mol. The van der Waals surface area contributed by atoms with E-state index >= 15 is 0 Å². The maximum absolute atomic E-state index is 0. The third kappa shape index (κ3) is 9.10. The van der Waals surface area contributed by atoms with E-state index in [1.165, 1.54) is 0 Å². The molecule has 0 rings (SSSR count). The van der Waals surface area contributed by atoms with Crippen molar-refractivity contribution in [1.29, 1.82) is 0 Å². The number of halogens is 1. The summed E-state index contributed by atoms with van der Waals surface area (Å²) >= 11 is 0. The first kappa shape index (κ1) is 39.5. The van der Waals surface area contributed by atoms with Crippen LogP contribution < -0.4 is 0 Å². The van der Waals surface area contributed by atoms with Gasteiger partial charge in [-0.25, -0.2) is 0 Å². The Kier molecular flexibility index (Phi) is 205. The normalized spacial score (nSPS) is 0. The van der Waals surface area contributed by atoms with Crippen LogP contribution in [0, 0.1) is 0 Å². The molecule has 0 fully saturated rings. The van der Waals surface area contributed by atoms with Gasteiger partial charge in [0.1, 0.15) is 0 Å². The molecule has 0 radical (unpaired) electrons. The zero-order chi connectivity index (χ0) is 0. The van der Waals surface area contributed by atoms with E-state index in [9.17, 15) is 0 Å². The van der Waals surface area contributed by atoms with Crippen LogP contribution in [0.3, 0.4) is 0 Å². The van der Waals surface area contributed by atoms with Crippen LogP contribution in [0.2, 0.25) is 0 Å². The molecule has 0 amide bonds. The van der Waals surface area contributed by atoms with Gasteiger partial charge >= 0.3 is 29.6 Å². The third-order valence-corrected chi connectivity index (χ3v) is 0. The Balaban J connectivity index is 0. The van der Waals surface area contributed by atoms with Gasteiger partial charge in [0.15, 0.2) is 17.4 Å². The van der Waals surface area contributed by atoms with Crippen LogP contribution in [-0.2, 0) is 0 Å². The maximum atomic E-state index is 0. The second kappa shape index (κ2) is 20.7. The number of rotatable bonds is 0. The number of hydrogen-bond acceptors (Lipinski definition) is 0. The molecule has 4 heavy (non-hydrogen) atoms. The summed E-state index contributed by atoms with van der Waals surface area (Å²) in [7, 11) is 0. The van der Waals surface area contributed by atoms with Crippen molar-refractivity contribution in [3.63, 3.8) is 0 Å². The summed E-state index contributed by atoms with van der Waals surface area (Å²) in [5.41, 5.74) is 0. The first-order valence-electron chi connectivity index (χ1n) is 0. The van der Waals surface area contributed by atoms with Crippen LogP contribution in [-0.4, -0.2) is 55.3 Å². The van der Waals surface area contributed by atoms with Crippen LogP contribution in [0.25, 0.3) is 0 Å². The predicted octanol–water partition coefficient (Wildman–Crippen LogP) is -2.59. The molecule has 0 aromatic rings. The molecular weight excluding hydrogens is 96.2 g/mol. The van der Waals surface area contributed by atoms with Gasteiger partial charge in [-0.3, -0.25) is 0 Å². The fourth-order valence-corrected chi connectivity index (χ4v) is 0. The summed E-state index contributed by atoms with van der Waals surface area (Å²) in [5, 5.41) is 0. The van der Waals surface area contributed by atoms with Gasteiger partial charge < -0.3 is 0 Å². The molecule has 0 N–H and O–H groups in total. The van der Waals surface area contributed by atoms with Crippen molar-refractivity contribution in [2.75, 3.05) is 0 Å². The molecule has 4 heteroatoms. The van der Waals surface area contributed by atoms with Crippen LogP contribution in [0.4, 0.5) is 0 Å². The Morgan fingerprint density at radius 2 is 1.00 bits per heavy atom. The van der Waals surface area contributed by atoms with Crippen molar-refractivity contribution in [3.8, 4) is 0 Å².